The fraction of sp³-hybridized carbons (Fsp3) is 0.442. The summed E-state index contributed by atoms with van der Waals surface area (Å²) < 4.78 is 576. The molecule has 4 rings (SSSR count). The first-order chi connectivity index (χ1) is 38.1. The number of hydrogen-bond acceptors (Lipinski definition) is 4. The van der Waals surface area contributed by atoms with Gasteiger partial charge in [-0.2, -0.15) is 176 Å². The molecule has 492 valence electrons. The second kappa shape index (κ2) is 20.7. The normalized spacial score (nSPS) is 15.4. The zero-order valence-electron chi connectivity index (χ0n) is 39.7. The first kappa shape index (κ1) is 72.8. The molecule has 0 aliphatic heterocycles. The van der Waals surface area contributed by atoms with E-state index in [1.54, 1.807) is 0 Å². The maximum absolute atomic E-state index is 15.4. The van der Waals surface area contributed by atoms with E-state index in [1.165, 1.54) is 0 Å². The van der Waals surface area contributed by atoms with Crippen molar-refractivity contribution in [2.75, 3.05) is 11.5 Å². The van der Waals surface area contributed by atoms with Crippen molar-refractivity contribution in [2.45, 2.75) is 113 Å². The topological polar surface area (TPSA) is 70.5 Å². The fourth-order valence-electron chi connectivity index (χ4n) is 7.21. The van der Waals surface area contributed by atoms with E-state index in [2.05, 4.69) is 9.47 Å². The minimum absolute atomic E-state index is 0.140. The molecule has 0 unspecified atom stereocenters. The van der Waals surface area contributed by atoms with Crippen molar-refractivity contribution in [1.29, 1.82) is 0 Å². The van der Waals surface area contributed by atoms with Gasteiger partial charge < -0.3 is 20.9 Å². The average Bonchev–Trinajstić information content (AvgIpc) is 0.714. The number of benzene rings is 4. The van der Waals surface area contributed by atoms with Gasteiger partial charge in [-0.25, -0.2) is 0 Å². The van der Waals surface area contributed by atoms with Gasteiger partial charge in [-0.1, -0.05) is 24.3 Å². The van der Waals surface area contributed by atoms with Crippen molar-refractivity contribution in [2.24, 2.45) is 0 Å². The summed E-state index contributed by atoms with van der Waals surface area (Å²) in [6, 6.07) is -4.55. The first-order valence-electron chi connectivity index (χ1n) is 21.1. The molecule has 4 aromatic rings. The van der Waals surface area contributed by atoms with Crippen LogP contribution in [0.15, 0.2) is 84.9 Å². The van der Waals surface area contributed by atoms with Gasteiger partial charge in [-0.3, -0.25) is 0 Å². The molecule has 0 spiro atoms. The van der Waals surface area contributed by atoms with Gasteiger partial charge in [-0.05, 0) is 71.8 Å². The number of nitrogen functional groups attached to an aromatic ring is 2. The molecule has 4 aromatic carbocycles. The smallest absolute Gasteiger partial charge is 0.457 e. The molecule has 4 nitrogen and oxygen atoms in total. The van der Waals surface area contributed by atoms with Crippen molar-refractivity contribution in [3.05, 3.63) is 107 Å². The van der Waals surface area contributed by atoms with E-state index < -0.39 is 206 Å². The van der Waals surface area contributed by atoms with E-state index in [0.29, 0.717) is 0 Å². The summed E-state index contributed by atoms with van der Waals surface area (Å²) in [5.74, 6) is -129. The van der Waals surface area contributed by atoms with E-state index in [1.807, 2.05) is 0 Å². The molecule has 0 aliphatic carbocycles. The van der Waals surface area contributed by atoms with Gasteiger partial charge in [0.05, 0.1) is 11.1 Å². The van der Waals surface area contributed by atoms with Crippen molar-refractivity contribution in [3.8, 4) is 23.0 Å². The molecule has 0 aliphatic rings. The maximum atomic E-state index is 15.4. The van der Waals surface area contributed by atoms with Gasteiger partial charge in [0.25, 0.3) is 0 Å². The van der Waals surface area contributed by atoms with Gasteiger partial charge in [0, 0.05) is 11.4 Å². The molecule has 0 amide bonds. The number of nitrogens with two attached hydrogens (primary N) is 2. The van der Waals surface area contributed by atoms with Crippen molar-refractivity contribution < 1.29 is 185 Å². The Morgan fingerprint density at radius 3 is 0.644 bits per heavy atom. The van der Waals surface area contributed by atoms with Gasteiger partial charge >= 0.3 is 108 Å². The van der Waals surface area contributed by atoms with E-state index in [9.17, 15) is 158 Å². The Hall–Kier alpha value is -6.72. The summed E-state index contributed by atoms with van der Waals surface area (Å²) in [7, 11) is 0. The number of anilines is 2. The van der Waals surface area contributed by atoms with Crippen LogP contribution in [0.25, 0.3) is 0 Å². The molecule has 87 heavy (non-hydrogen) atoms. The van der Waals surface area contributed by atoms with Crippen LogP contribution < -0.4 is 20.9 Å². The molecule has 0 heterocycles. The zero-order valence-corrected chi connectivity index (χ0v) is 39.7. The van der Waals surface area contributed by atoms with Crippen LogP contribution in [-0.4, -0.2) is 95.8 Å². The van der Waals surface area contributed by atoms with Crippen LogP contribution in [0, 0.1) is 0 Å². The van der Waals surface area contributed by atoms with Crippen LogP contribution in [0.1, 0.15) is 22.3 Å². The number of rotatable bonds is 20. The molecule has 0 aromatic heterocycles. The second-order valence-electron chi connectivity index (χ2n) is 17.5. The fourth-order valence-corrected chi connectivity index (χ4v) is 7.21. The molecule has 0 fully saturated rings. The molecule has 44 heteroatoms. The SMILES string of the molecule is Nc1ccc(Oc2ccc(C(c3ccc(Oc4ccc(N)cc4C(F)(F)C(F)(F)C(F)(F)C(F)(F)C(F)(F)C(F)(F)C(F)(F)C(F)(F)F)cc3)(C(F)(F)F)C(F)(F)F)cc2)c(C(F)(F)C(F)(F)C(F)(F)C(F)(F)C(F)(F)C(F)(F)C(F)(F)C(F)(F)F)c1. The lowest BCUT2D eigenvalue weighted by Gasteiger charge is -2.43. The van der Waals surface area contributed by atoms with Gasteiger partial charge in [0.15, 0.2) is 0 Å². The van der Waals surface area contributed by atoms with Gasteiger partial charge in [-0.15, -0.1) is 0 Å². The molecule has 0 bridgehead atoms. The lowest BCUT2D eigenvalue weighted by Crippen LogP contribution is -2.74. The van der Waals surface area contributed by atoms with Crippen molar-refractivity contribution in [3.63, 3.8) is 0 Å². The third-order valence-electron chi connectivity index (χ3n) is 12.0. The Balaban J connectivity index is 1.82. The van der Waals surface area contributed by atoms with Crippen LogP contribution in [-0.2, 0) is 17.3 Å². The van der Waals surface area contributed by atoms with E-state index >= 15 is 17.6 Å². The molecular formula is C43H18F40N2O2. The van der Waals surface area contributed by atoms with Crippen molar-refractivity contribution >= 4 is 11.4 Å². The molecule has 4 N–H and O–H groups in total. The summed E-state index contributed by atoms with van der Waals surface area (Å²) in [5, 5.41) is 0. The van der Waals surface area contributed by atoms with Crippen LogP contribution in [0.5, 0.6) is 23.0 Å². The minimum Gasteiger partial charge on any atom is -0.457 e. The highest BCUT2D eigenvalue weighted by Gasteiger charge is 2.97. The Bertz CT molecular complexity index is 2920. The summed E-state index contributed by atoms with van der Waals surface area (Å²) >= 11 is 0. The largest absolute Gasteiger partial charge is 0.460 e. The molecular weight excluding hydrogens is 1340 g/mol. The Morgan fingerprint density at radius 2 is 0.437 bits per heavy atom. The second-order valence-corrected chi connectivity index (χ2v) is 17.5. The molecule has 0 radical (unpaired) electrons. The van der Waals surface area contributed by atoms with Crippen molar-refractivity contribution in [1.82, 2.24) is 0 Å². The standard InChI is InChI=1S/C43H18F40N2O2/c44-26(45,28(48,49)30(52,53)32(56,57)34(60,61)36(64,65)38(68,69)42(78,79)80)21-13-17(84)5-11-23(21)86-19-7-1-15(2-8-19)25(40(72,73)74,41(75,76)77)16-3-9-20(10-4-16)87-24-12-6-18(85)14-22(24)27(46,47)29(50,51)31(54,55)33(58,59)35(62,63)37(66,67)39(70,71)43(81,82)83/h1-14H,84-85H2. The third kappa shape index (κ3) is 10.2. The predicted octanol–water partition coefficient (Wildman–Crippen LogP) is 18.8. The number of alkyl halides is 40. The third-order valence-corrected chi connectivity index (χ3v) is 12.0. The Kier molecular flexibility index (Phi) is 17.3. The van der Waals surface area contributed by atoms with E-state index in [0.717, 1.165) is 0 Å². The van der Waals surface area contributed by atoms with E-state index in [-0.39, 0.29) is 48.5 Å². The zero-order chi connectivity index (χ0) is 68.6. The van der Waals surface area contributed by atoms with Gasteiger partial charge in [0.2, 0.25) is 5.41 Å². The highest BCUT2D eigenvalue weighted by Crippen LogP contribution is 2.68. The Labute approximate surface area is 451 Å². The molecule has 0 saturated heterocycles. The van der Waals surface area contributed by atoms with Gasteiger partial charge in [0.1, 0.15) is 23.0 Å². The lowest BCUT2D eigenvalue weighted by molar-refractivity contribution is -0.462. The minimum atomic E-state index is -9.11. The van der Waals surface area contributed by atoms with Crippen LogP contribution in [0.3, 0.4) is 0 Å². The summed E-state index contributed by atoms with van der Waals surface area (Å²) in [6.07, 6.45) is -29.9. The quantitative estimate of drug-likeness (QED) is 0.0683. The highest BCUT2D eigenvalue weighted by atomic mass is 19.5. The summed E-state index contributed by atoms with van der Waals surface area (Å²) in [6.45, 7) is 0. The predicted molar refractivity (Wildman–Crippen MR) is 207 cm³/mol. The maximum Gasteiger partial charge on any atom is 0.460 e. The Morgan fingerprint density at radius 1 is 0.230 bits per heavy atom. The first-order valence-corrected chi connectivity index (χ1v) is 21.1. The van der Waals surface area contributed by atoms with Crippen LogP contribution in [0.2, 0.25) is 0 Å². The number of ether oxygens (including phenoxy) is 2. The van der Waals surface area contributed by atoms with Crippen LogP contribution in [0.4, 0.5) is 187 Å². The lowest BCUT2D eigenvalue weighted by atomic mass is 9.73. The monoisotopic (exact) mass is 1350 g/mol. The number of hydrogen-bond donors (Lipinski definition) is 2. The summed E-state index contributed by atoms with van der Waals surface area (Å²) in [4.78, 5) is 0. The van der Waals surface area contributed by atoms with Crippen LogP contribution >= 0.6 is 0 Å². The molecule has 0 atom stereocenters. The summed E-state index contributed by atoms with van der Waals surface area (Å²) in [5.41, 5.74) is -9.23. The number of halogens is 40. The molecule has 0 saturated carbocycles. The average molecular weight is 1350 g/mol. The van der Waals surface area contributed by atoms with E-state index in [4.69, 9.17) is 11.5 Å². The highest BCUT2D eigenvalue weighted by molar-refractivity contribution is 5.55.